The van der Waals surface area contributed by atoms with Crippen LogP contribution in [0.1, 0.15) is 309 Å². The quantitative estimate of drug-likeness (QED) is 0.0261. The van der Waals surface area contributed by atoms with Crippen LogP contribution in [0.15, 0.2) is 170 Å². The lowest BCUT2D eigenvalue weighted by atomic mass is 9.99. The number of rotatable bonds is 66. The Labute approximate surface area is 583 Å². The summed E-state index contributed by atoms with van der Waals surface area (Å²) in [5, 5.41) is 54.8. The standard InChI is InChI=1S/C86H143NO8/c1-3-5-7-9-11-13-15-17-19-21-23-25-27-29-31-33-35-37-38-39-40-41-42-44-46-48-50-52-54-56-58-60-62-64-66-68-70-72-74-76-82(90)87-79(78-94-86-85(93)84(92)83(91)81(77-88)95-86)80(89)75-73-71-69-67-65-63-61-59-57-55-53-51-49-47-45-43-36-34-32-30-28-26-24-22-20-18-16-14-12-10-8-6-4-2/h5,7,11,13,17,19,23,25,29,31,35,37,39-40,42,44,48,50,54,56-57,59-60,62,65,67,73,75,79-81,83-86,88-89,91-93H,3-4,6,8-10,12,14-16,18,20-22,24,26-28,30,32-34,36,38,41,43,45-47,49,51-53,55,58,61,63-64,66,68-72,74,76-78H2,1-2H3,(H,87,90)/b7-5-,13-11-,19-17-,25-23-,31-29-,37-35-,40-39-,44-42-,50-48-,56-54-,59-57+,62-60-,67-65+,75-73+. The lowest BCUT2D eigenvalue weighted by molar-refractivity contribution is -0.302. The molecule has 0 aromatic rings. The molecule has 0 bridgehead atoms. The van der Waals surface area contributed by atoms with Crippen LogP contribution in [0.4, 0.5) is 0 Å². The van der Waals surface area contributed by atoms with Gasteiger partial charge in [0.15, 0.2) is 6.29 Å². The van der Waals surface area contributed by atoms with E-state index in [4.69, 9.17) is 9.47 Å². The molecule has 7 unspecified atom stereocenters. The van der Waals surface area contributed by atoms with Crippen LogP contribution in [0.5, 0.6) is 0 Å². The van der Waals surface area contributed by atoms with Crippen molar-refractivity contribution >= 4 is 5.91 Å². The Morgan fingerprint density at radius 3 is 1.01 bits per heavy atom. The minimum Gasteiger partial charge on any atom is -0.394 e. The number of unbranched alkanes of at least 4 members (excludes halogenated alkanes) is 30. The topological polar surface area (TPSA) is 149 Å². The molecule has 9 nitrogen and oxygen atoms in total. The van der Waals surface area contributed by atoms with Crippen LogP contribution in [0.3, 0.4) is 0 Å². The van der Waals surface area contributed by atoms with Crippen LogP contribution < -0.4 is 5.32 Å². The van der Waals surface area contributed by atoms with Crippen molar-refractivity contribution in [2.45, 2.75) is 352 Å². The Kier molecular flexibility index (Phi) is 67.4. The first-order valence-electron chi connectivity index (χ1n) is 38.9. The van der Waals surface area contributed by atoms with Crippen LogP contribution >= 0.6 is 0 Å². The Hall–Kier alpha value is -4.45. The summed E-state index contributed by atoms with van der Waals surface area (Å²) in [7, 11) is 0. The highest BCUT2D eigenvalue weighted by Gasteiger charge is 2.44. The summed E-state index contributed by atoms with van der Waals surface area (Å²) >= 11 is 0. The van der Waals surface area contributed by atoms with Crippen LogP contribution in [0.2, 0.25) is 0 Å². The Morgan fingerprint density at radius 1 is 0.368 bits per heavy atom. The van der Waals surface area contributed by atoms with Gasteiger partial charge in [-0.1, -0.05) is 344 Å². The fourth-order valence-corrected chi connectivity index (χ4v) is 11.3. The zero-order valence-electron chi connectivity index (χ0n) is 60.6. The minimum atomic E-state index is -1.59. The minimum absolute atomic E-state index is 0.214. The van der Waals surface area contributed by atoms with Gasteiger partial charge >= 0.3 is 0 Å². The van der Waals surface area contributed by atoms with E-state index in [9.17, 15) is 30.3 Å². The summed E-state index contributed by atoms with van der Waals surface area (Å²) in [6.45, 7) is 3.65. The molecule has 0 spiro atoms. The normalized spacial score (nSPS) is 18.5. The van der Waals surface area contributed by atoms with E-state index in [1.807, 2.05) is 6.08 Å². The van der Waals surface area contributed by atoms with Gasteiger partial charge in [-0.05, 0) is 128 Å². The smallest absolute Gasteiger partial charge is 0.220 e. The maximum Gasteiger partial charge on any atom is 0.220 e. The summed E-state index contributed by atoms with van der Waals surface area (Å²) in [5.41, 5.74) is 0. The molecular weight excluding hydrogens is 1170 g/mol. The van der Waals surface area contributed by atoms with Crippen molar-refractivity contribution in [2.24, 2.45) is 0 Å². The highest BCUT2D eigenvalue weighted by molar-refractivity contribution is 5.76. The van der Waals surface area contributed by atoms with Crippen molar-refractivity contribution < 1.29 is 39.8 Å². The molecule has 0 saturated carbocycles. The zero-order chi connectivity index (χ0) is 68.5. The van der Waals surface area contributed by atoms with Crippen molar-refractivity contribution in [3.8, 4) is 0 Å². The molecule has 9 heteroatoms. The van der Waals surface area contributed by atoms with E-state index >= 15 is 0 Å². The molecule has 540 valence electrons. The number of aliphatic hydroxyl groups is 5. The van der Waals surface area contributed by atoms with Gasteiger partial charge in [0.2, 0.25) is 5.91 Å². The van der Waals surface area contributed by atoms with Gasteiger partial charge in [0.05, 0.1) is 25.4 Å². The highest BCUT2D eigenvalue weighted by atomic mass is 16.7. The summed E-state index contributed by atoms with van der Waals surface area (Å²) in [6.07, 6.45) is 108. The molecule has 0 radical (unpaired) electrons. The monoisotopic (exact) mass is 1320 g/mol. The number of amides is 1. The first-order valence-corrected chi connectivity index (χ1v) is 38.9. The molecule has 1 heterocycles. The zero-order valence-corrected chi connectivity index (χ0v) is 60.6. The molecule has 0 aromatic carbocycles. The third-order valence-electron chi connectivity index (χ3n) is 17.3. The molecule has 1 rings (SSSR count). The Bertz CT molecular complexity index is 2120. The molecule has 1 fully saturated rings. The number of ether oxygens (including phenoxy) is 2. The molecule has 7 atom stereocenters. The van der Waals surface area contributed by atoms with Gasteiger partial charge in [-0.25, -0.2) is 0 Å². The Morgan fingerprint density at radius 2 is 0.663 bits per heavy atom. The molecule has 1 saturated heterocycles. The van der Waals surface area contributed by atoms with Gasteiger partial charge in [0.25, 0.3) is 0 Å². The molecule has 1 aliphatic heterocycles. The average molecular weight is 1320 g/mol. The predicted molar refractivity (Wildman–Crippen MR) is 409 cm³/mol. The van der Waals surface area contributed by atoms with E-state index in [0.29, 0.717) is 12.8 Å². The molecule has 6 N–H and O–H groups in total. The van der Waals surface area contributed by atoms with E-state index in [0.717, 1.165) is 135 Å². The second-order valence-electron chi connectivity index (χ2n) is 26.0. The highest BCUT2D eigenvalue weighted by Crippen LogP contribution is 2.23. The molecule has 1 aliphatic rings. The third kappa shape index (κ3) is 60.5. The fourth-order valence-electron chi connectivity index (χ4n) is 11.3. The lowest BCUT2D eigenvalue weighted by Gasteiger charge is -2.40. The van der Waals surface area contributed by atoms with Crippen LogP contribution in [0.25, 0.3) is 0 Å². The van der Waals surface area contributed by atoms with Crippen molar-refractivity contribution in [3.63, 3.8) is 0 Å². The molecule has 0 aliphatic carbocycles. The number of carbonyl (C=O) groups is 1. The first kappa shape index (κ1) is 88.6. The fraction of sp³-hybridized carbons (Fsp3) is 0.663. The van der Waals surface area contributed by atoms with Gasteiger partial charge < -0.3 is 40.3 Å². The largest absolute Gasteiger partial charge is 0.394 e. The number of hydrogen-bond acceptors (Lipinski definition) is 8. The Balaban J connectivity index is 2.19. The lowest BCUT2D eigenvalue weighted by Crippen LogP contribution is -2.60. The summed E-state index contributed by atoms with van der Waals surface area (Å²) in [4.78, 5) is 13.1. The van der Waals surface area contributed by atoms with Gasteiger partial charge in [-0.2, -0.15) is 0 Å². The molecule has 95 heavy (non-hydrogen) atoms. The van der Waals surface area contributed by atoms with E-state index in [1.54, 1.807) is 6.08 Å². The average Bonchev–Trinajstić information content (AvgIpc) is 0.836. The van der Waals surface area contributed by atoms with Gasteiger partial charge in [-0.3, -0.25) is 4.79 Å². The second-order valence-corrected chi connectivity index (χ2v) is 26.0. The summed E-state index contributed by atoms with van der Waals surface area (Å²) < 4.78 is 11.3. The summed E-state index contributed by atoms with van der Waals surface area (Å²) in [6, 6.07) is -0.855. The number of aliphatic hydroxyl groups excluding tert-OH is 5. The summed E-state index contributed by atoms with van der Waals surface area (Å²) in [5.74, 6) is -0.214. The van der Waals surface area contributed by atoms with Crippen molar-refractivity contribution in [1.29, 1.82) is 0 Å². The number of carbonyl (C=O) groups excluding carboxylic acids is 1. The van der Waals surface area contributed by atoms with Crippen LogP contribution in [-0.4, -0.2) is 87.5 Å². The maximum absolute atomic E-state index is 13.1. The SMILES string of the molecule is CC/C=C\C/C=C\C/C=C\C/C=C\C/C=C\C/C=C\C/C=C\C/C=C\C/C=C\C/C=C\C/C=C\CCCCCCCC(=O)NC(COC1OC(CO)C(O)C(O)C1O)C(O)/C=C/CC/C=C/CC/C=C/CCCCCCCCCCCCCCCCCCCCCCCCC. The number of nitrogens with one attached hydrogen (secondary N) is 1. The number of hydrogen-bond donors (Lipinski definition) is 6. The van der Waals surface area contributed by atoms with Gasteiger partial charge in [0.1, 0.15) is 24.4 Å². The van der Waals surface area contributed by atoms with Crippen molar-refractivity contribution in [3.05, 3.63) is 170 Å². The van der Waals surface area contributed by atoms with Crippen LogP contribution in [-0.2, 0) is 14.3 Å². The van der Waals surface area contributed by atoms with Crippen LogP contribution in [0, 0.1) is 0 Å². The second kappa shape index (κ2) is 72.3. The van der Waals surface area contributed by atoms with Gasteiger partial charge in [0, 0.05) is 6.42 Å². The molecule has 0 aromatic heterocycles. The molecule has 1 amide bonds. The maximum atomic E-state index is 13.1. The van der Waals surface area contributed by atoms with Gasteiger partial charge in [-0.15, -0.1) is 0 Å². The number of allylic oxidation sites excluding steroid dienone is 27. The van der Waals surface area contributed by atoms with E-state index in [-0.39, 0.29) is 12.5 Å². The third-order valence-corrected chi connectivity index (χ3v) is 17.3. The predicted octanol–water partition coefficient (Wildman–Crippen LogP) is 22.4. The van der Waals surface area contributed by atoms with Crippen molar-refractivity contribution in [2.75, 3.05) is 13.2 Å². The molecular formula is C86H143NO8. The van der Waals surface area contributed by atoms with E-state index in [2.05, 4.69) is 177 Å². The van der Waals surface area contributed by atoms with E-state index < -0.39 is 49.5 Å². The first-order chi connectivity index (χ1) is 46.8. The van der Waals surface area contributed by atoms with Crippen molar-refractivity contribution in [1.82, 2.24) is 5.32 Å². The van der Waals surface area contributed by atoms with E-state index in [1.165, 1.54) is 148 Å².